The normalized spacial score (nSPS) is 31.2. The largest absolute Gasteiger partial charge is 0.480 e. The van der Waals surface area contributed by atoms with Gasteiger partial charge in [-0.2, -0.15) is 0 Å². The molecule has 3 N–H and O–H groups in total. The fourth-order valence-electron chi connectivity index (χ4n) is 2.80. The highest BCUT2D eigenvalue weighted by molar-refractivity contribution is 7.91. The van der Waals surface area contributed by atoms with Crippen LogP contribution >= 0.6 is 0 Å². The van der Waals surface area contributed by atoms with E-state index in [1.54, 1.807) is 0 Å². The fraction of sp³-hybridized carbons (Fsp3) is 0.833. The van der Waals surface area contributed by atoms with Gasteiger partial charge in [-0.25, -0.2) is 8.42 Å². The third kappa shape index (κ3) is 3.92. The van der Waals surface area contributed by atoms with Gasteiger partial charge in [0.1, 0.15) is 12.6 Å². The van der Waals surface area contributed by atoms with Gasteiger partial charge in [0.05, 0.1) is 17.6 Å². The number of ether oxygens (including phenoxy) is 1. The second kappa shape index (κ2) is 6.29. The van der Waals surface area contributed by atoms with E-state index in [1.807, 2.05) is 0 Å². The third-order valence-electron chi connectivity index (χ3n) is 3.88. The van der Waals surface area contributed by atoms with Crippen LogP contribution in [0, 0.1) is 0 Å². The molecule has 1 amide bonds. The van der Waals surface area contributed by atoms with Crippen LogP contribution in [0.5, 0.6) is 0 Å². The maximum Gasteiger partial charge on any atom is 0.323 e. The summed E-state index contributed by atoms with van der Waals surface area (Å²) in [7, 11) is -3.20. The first-order chi connectivity index (χ1) is 9.82. The lowest BCUT2D eigenvalue weighted by Crippen LogP contribution is -2.48. The van der Waals surface area contributed by atoms with Crippen molar-refractivity contribution in [3.63, 3.8) is 0 Å². The second-order valence-corrected chi connectivity index (χ2v) is 7.71. The predicted molar refractivity (Wildman–Crippen MR) is 73.4 cm³/mol. The monoisotopic (exact) mass is 320 g/mol. The van der Waals surface area contributed by atoms with Crippen LogP contribution in [0.15, 0.2) is 0 Å². The van der Waals surface area contributed by atoms with Gasteiger partial charge in [0.15, 0.2) is 9.84 Å². The molecule has 0 aromatic carbocycles. The van der Waals surface area contributed by atoms with Crippen LogP contribution in [0.4, 0.5) is 0 Å². The number of hydrogen-bond acceptors (Lipinski definition) is 6. The molecule has 120 valence electrons. The van der Waals surface area contributed by atoms with Gasteiger partial charge in [0.25, 0.3) is 5.91 Å². The Morgan fingerprint density at radius 2 is 2.00 bits per heavy atom. The number of sulfone groups is 1. The molecule has 2 saturated heterocycles. The van der Waals surface area contributed by atoms with Crippen LogP contribution < -0.4 is 5.73 Å². The van der Waals surface area contributed by atoms with Crippen molar-refractivity contribution in [1.82, 2.24) is 4.90 Å². The van der Waals surface area contributed by atoms with E-state index >= 15 is 0 Å². The Kier molecular flexibility index (Phi) is 4.84. The quantitative estimate of drug-likeness (QED) is 0.637. The molecule has 21 heavy (non-hydrogen) atoms. The highest BCUT2D eigenvalue weighted by atomic mass is 32.2. The summed E-state index contributed by atoms with van der Waals surface area (Å²) in [6.45, 7) is -0.202. The minimum atomic E-state index is -3.20. The van der Waals surface area contributed by atoms with Crippen LogP contribution in [-0.4, -0.2) is 73.1 Å². The molecular weight excluding hydrogens is 300 g/mol. The first-order valence-electron chi connectivity index (χ1n) is 6.90. The molecule has 2 rings (SSSR count). The predicted octanol–water partition coefficient (Wildman–Crippen LogP) is -1.41. The SMILES string of the molecule is NCC1CCC(C(=O)N(CC(=O)O)C2CCS(=O)(=O)C2)O1. The number of carboxylic acid groups (broad SMARTS) is 1. The molecule has 3 atom stereocenters. The Balaban J connectivity index is 2.09. The Morgan fingerprint density at radius 1 is 1.29 bits per heavy atom. The van der Waals surface area contributed by atoms with Crippen molar-refractivity contribution in [1.29, 1.82) is 0 Å². The van der Waals surface area contributed by atoms with E-state index < -0.39 is 40.4 Å². The number of carboxylic acids is 1. The Labute approximate surface area is 123 Å². The molecule has 2 fully saturated rings. The molecule has 0 aliphatic carbocycles. The molecule has 2 heterocycles. The van der Waals surface area contributed by atoms with Gasteiger partial charge in [-0.1, -0.05) is 0 Å². The summed E-state index contributed by atoms with van der Waals surface area (Å²) < 4.78 is 28.6. The van der Waals surface area contributed by atoms with E-state index in [0.29, 0.717) is 19.4 Å². The smallest absolute Gasteiger partial charge is 0.323 e. The Hall–Kier alpha value is -1.19. The average Bonchev–Trinajstić information content (AvgIpc) is 3.01. The summed E-state index contributed by atoms with van der Waals surface area (Å²) in [5.41, 5.74) is 5.49. The maximum atomic E-state index is 12.4. The number of rotatable bonds is 5. The van der Waals surface area contributed by atoms with Crippen molar-refractivity contribution in [3.05, 3.63) is 0 Å². The summed E-state index contributed by atoms with van der Waals surface area (Å²) in [6.07, 6.45) is 0.487. The lowest BCUT2D eigenvalue weighted by atomic mass is 10.1. The van der Waals surface area contributed by atoms with Crippen molar-refractivity contribution in [2.45, 2.75) is 37.5 Å². The van der Waals surface area contributed by atoms with E-state index in [0.717, 1.165) is 4.90 Å². The summed E-state index contributed by atoms with van der Waals surface area (Å²) in [5, 5.41) is 8.96. The lowest BCUT2D eigenvalue weighted by molar-refractivity contribution is -0.152. The van der Waals surface area contributed by atoms with Crippen molar-refractivity contribution in [3.8, 4) is 0 Å². The van der Waals surface area contributed by atoms with Gasteiger partial charge in [-0.15, -0.1) is 0 Å². The summed E-state index contributed by atoms with van der Waals surface area (Å²) >= 11 is 0. The topological polar surface area (TPSA) is 127 Å². The number of carbonyl (C=O) groups is 2. The first-order valence-corrected chi connectivity index (χ1v) is 8.73. The molecule has 0 aromatic rings. The van der Waals surface area contributed by atoms with Crippen LogP contribution in [-0.2, 0) is 24.2 Å². The second-order valence-electron chi connectivity index (χ2n) is 5.48. The number of hydrogen-bond donors (Lipinski definition) is 2. The van der Waals surface area contributed by atoms with Crippen molar-refractivity contribution in [2.24, 2.45) is 5.73 Å². The maximum absolute atomic E-state index is 12.4. The number of amides is 1. The lowest BCUT2D eigenvalue weighted by Gasteiger charge is -2.29. The van der Waals surface area contributed by atoms with Gasteiger partial charge in [-0.3, -0.25) is 9.59 Å². The number of aliphatic carboxylic acids is 1. The van der Waals surface area contributed by atoms with E-state index in [1.165, 1.54) is 0 Å². The molecule has 2 aliphatic heterocycles. The van der Waals surface area contributed by atoms with Crippen LogP contribution in [0.3, 0.4) is 0 Å². The zero-order valence-corrected chi connectivity index (χ0v) is 12.4. The van der Waals surface area contributed by atoms with Gasteiger partial charge in [-0.05, 0) is 19.3 Å². The number of carbonyl (C=O) groups excluding carboxylic acids is 1. The van der Waals surface area contributed by atoms with E-state index in [9.17, 15) is 18.0 Å². The molecule has 3 unspecified atom stereocenters. The molecule has 0 aromatic heterocycles. The fourth-order valence-corrected chi connectivity index (χ4v) is 4.53. The number of nitrogens with zero attached hydrogens (tertiary/aromatic N) is 1. The highest BCUT2D eigenvalue weighted by Gasteiger charge is 2.40. The van der Waals surface area contributed by atoms with Crippen molar-refractivity contribution in [2.75, 3.05) is 24.6 Å². The van der Waals surface area contributed by atoms with Crippen LogP contribution in [0.1, 0.15) is 19.3 Å². The molecule has 0 saturated carbocycles. The highest BCUT2D eigenvalue weighted by Crippen LogP contribution is 2.24. The standard InChI is InChI=1S/C12H20N2O6S/c13-5-9-1-2-10(20-9)12(17)14(6-11(15)16)8-3-4-21(18,19)7-8/h8-10H,1-7,13H2,(H,15,16). The van der Waals surface area contributed by atoms with Gasteiger partial charge in [0.2, 0.25) is 0 Å². The summed E-state index contributed by atoms with van der Waals surface area (Å²) in [5.74, 6) is -1.81. The Morgan fingerprint density at radius 3 is 2.48 bits per heavy atom. The zero-order valence-electron chi connectivity index (χ0n) is 11.6. The van der Waals surface area contributed by atoms with Gasteiger partial charge < -0.3 is 20.5 Å². The average molecular weight is 320 g/mol. The van der Waals surface area contributed by atoms with E-state index in [2.05, 4.69) is 0 Å². The molecule has 2 aliphatic rings. The van der Waals surface area contributed by atoms with Crippen molar-refractivity contribution < 1.29 is 27.9 Å². The first kappa shape index (κ1) is 16.2. The molecule has 0 bridgehead atoms. The minimum absolute atomic E-state index is 0.0159. The third-order valence-corrected chi connectivity index (χ3v) is 5.63. The molecule has 8 nitrogen and oxygen atoms in total. The Bertz CT molecular complexity index is 520. The van der Waals surface area contributed by atoms with Crippen LogP contribution in [0.25, 0.3) is 0 Å². The van der Waals surface area contributed by atoms with E-state index in [-0.39, 0.29) is 24.0 Å². The zero-order chi connectivity index (χ0) is 15.6. The molecule has 9 heteroatoms. The van der Waals surface area contributed by atoms with Crippen LogP contribution in [0.2, 0.25) is 0 Å². The molecule has 0 radical (unpaired) electrons. The molecular formula is C12H20N2O6S. The van der Waals surface area contributed by atoms with Crippen molar-refractivity contribution >= 4 is 21.7 Å². The van der Waals surface area contributed by atoms with Gasteiger partial charge in [0, 0.05) is 12.6 Å². The van der Waals surface area contributed by atoms with E-state index in [4.69, 9.17) is 15.6 Å². The number of nitrogens with two attached hydrogens (primary N) is 1. The minimum Gasteiger partial charge on any atom is -0.480 e. The van der Waals surface area contributed by atoms with Gasteiger partial charge >= 0.3 is 5.97 Å². The molecule has 0 spiro atoms. The summed E-state index contributed by atoms with van der Waals surface area (Å²) in [4.78, 5) is 24.5. The summed E-state index contributed by atoms with van der Waals surface area (Å²) in [6, 6.07) is -0.584.